The maximum Gasteiger partial charge on any atom is 0.231 e. The van der Waals surface area contributed by atoms with Gasteiger partial charge < -0.3 is 19.6 Å². The van der Waals surface area contributed by atoms with E-state index in [4.69, 9.17) is 9.47 Å². The van der Waals surface area contributed by atoms with Crippen LogP contribution in [0.5, 0.6) is 11.5 Å². The first-order valence-corrected chi connectivity index (χ1v) is 18.0. The quantitative estimate of drug-likeness (QED) is 0.158. The van der Waals surface area contributed by atoms with Gasteiger partial charge in [-0.15, -0.1) is 0 Å². The molecule has 0 unspecified atom stereocenters. The highest BCUT2D eigenvalue weighted by atomic mass is 32.2. The fourth-order valence-corrected chi connectivity index (χ4v) is 6.62. The van der Waals surface area contributed by atoms with Crippen LogP contribution >= 0.6 is 11.8 Å². The van der Waals surface area contributed by atoms with Crippen LogP contribution in [0.1, 0.15) is 93.2 Å². The number of unbranched alkanes of at least 4 members (excludes halogenated alkanes) is 1. The van der Waals surface area contributed by atoms with E-state index in [0.29, 0.717) is 19.3 Å². The van der Waals surface area contributed by atoms with E-state index in [-0.39, 0.29) is 11.9 Å². The molecule has 0 aliphatic carbocycles. The van der Waals surface area contributed by atoms with Crippen LogP contribution in [0.4, 0.5) is 10.1 Å². The van der Waals surface area contributed by atoms with E-state index in [2.05, 4.69) is 66.7 Å². The van der Waals surface area contributed by atoms with Crippen LogP contribution in [0.25, 0.3) is 0 Å². The first-order valence-electron chi connectivity index (χ1n) is 16.6. The Morgan fingerprint density at radius 1 is 0.933 bits per heavy atom. The van der Waals surface area contributed by atoms with Crippen molar-refractivity contribution >= 4 is 23.7 Å². The van der Waals surface area contributed by atoms with E-state index in [9.17, 15) is 9.18 Å². The van der Waals surface area contributed by atoms with Gasteiger partial charge in [0.05, 0.1) is 6.54 Å². The predicted octanol–water partition coefficient (Wildman–Crippen LogP) is 9.24. The summed E-state index contributed by atoms with van der Waals surface area (Å²) in [5.41, 5.74) is 7.14. The number of benzene rings is 3. The van der Waals surface area contributed by atoms with Crippen LogP contribution < -0.4 is 14.8 Å². The van der Waals surface area contributed by atoms with Gasteiger partial charge in [-0.2, -0.15) is 11.8 Å². The largest absolute Gasteiger partial charge is 0.454 e. The number of ether oxygens (including phenoxy) is 2. The van der Waals surface area contributed by atoms with Crippen molar-refractivity contribution in [3.05, 3.63) is 88.2 Å². The highest BCUT2D eigenvalue weighted by molar-refractivity contribution is 7.98. The summed E-state index contributed by atoms with van der Waals surface area (Å²) in [4.78, 5) is 13.5. The average Bonchev–Trinajstić information content (AvgIpc) is 3.71. The van der Waals surface area contributed by atoms with Crippen molar-refractivity contribution in [1.82, 2.24) is 4.90 Å². The Bertz CT molecular complexity index is 1290. The Labute approximate surface area is 275 Å². The molecule has 2 heterocycles. The van der Waals surface area contributed by atoms with Gasteiger partial charge >= 0.3 is 0 Å². The number of fused-ring (bicyclic) bond motifs is 1. The van der Waals surface area contributed by atoms with Gasteiger partial charge in [-0.05, 0) is 102 Å². The van der Waals surface area contributed by atoms with Crippen molar-refractivity contribution in [2.24, 2.45) is 0 Å². The van der Waals surface area contributed by atoms with Gasteiger partial charge in [-0.25, -0.2) is 4.39 Å². The molecule has 1 saturated heterocycles. The van der Waals surface area contributed by atoms with Crippen LogP contribution in [0, 0.1) is 5.82 Å². The first kappa shape index (κ1) is 36.4. The summed E-state index contributed by atoms with van der Waals surface area (Å²) in [6.07, 6.45) is 10.9. The number of thioether (sulfide) groups is 1. The molecule has 5 nitrogen and oxygen atoms in total. The lowest BCUT2D eigenvalue weighted by Gasteiger charge is -2.22. The van der Waals surface area contributed by atoms with Gasteiger partial charge in [0.1, 0.15) is 12.1 Å². The number of hydrogen-bond donors (Lipinski definition) is 1. The number of carbonyl (C=O) groups is 1. The number of rotatable bonds is 12. The molecule has 2 atom stereocenters. The summed E-state index contributed by atoms with van der Waals surface area (Å²) < 4.78 is 24.0. The number of nitrogens with zero attached hydrogens (tertiary/aromatic N) is 1. The van der Waals surface area contributed by atoms with Crippen molar-refractivity contribution < 1.29 is 18.7 Å². The lowest BCUT2D eigenvalue weighted by atomic mass is 9.93. The molecule has 0 saturated carbocycles. The Balaban J connectivity index is 0.000000242. The molecule has 0 spiro atoms. The second kappa shape index (κ2) is 19.5. The smallest absolute Gasteiger partial charge is 0.231 e. The Morgan fingerprint density at radius 2 is 1.60 bits per heavy atom. The van der Waals surface area contributed by atoms with Gasteiger partial charge in [0.25, 0.3) is 0 Å². The van der Waals surface area contributed by atoms with Crippen LogP contribution in [0.3, 0.4) is 0 Å². The second-order valence-electron chi connectivity index (χ2n) is 11.6. The SMILES string of the molecule is CCCCSC.CCCc1ccc([C@H]2C[C@@H](c3ccc4c(c3)OCO4)CN2CC=O)cc1.CCc1cc(F)cc(CC)c1NC. The van der Waals surface area contributed by atoms with Crippen molar-refractivity contribution in [3.8, 4) is 11.5 Å². The minimum atomic E-state index is -0.132. The average molecular weight is 637 g/mol. The number of carbonyl (C=O) groups excluding carboxylic acids is 1. The van der Waals surface area contributed by atoms with E-state index in [1.165, 1.54) is 35.3 Å². The van der Waals surface area contributed by atoms with Gasteiger partial charge in [0, 0.05) is 25.3 Å². The summed E-state index contributed by atoms with van der Waals surface area (Å²) >= 11 is 1.93. The summed E-state index contributed by atoms with van der Waals surface area (Å²) in [7, 11) is 1.88. The number of aldehydes is 1. The number of aryl methyl sites for hydroxylation is 3. The molecule has 0 aromatic heterocycles. The molecule has 0 radical (unpaired) electrons. The summed E-state index contributed by atoms with van der Waals surface area (Å²) in [6, 6.07) is 18.6. The van der Waals surface area contributed by atoms with Crippen LogP contribution in [-0.2, 0) is 24.1 Å². The highest BCUT2D eigenvalue weighted by Crippen LogP contribution is 2.43. The molecule has 246 valence electrons. The van der Waals surface area contributed by atoms with Crippen LogP contribution in [0.2, 0.25) is 0 Å². The zero-order valence-electron chi connectivity index (χ0n) is 28.2. The third kappa shape index (κ3) is 10.5. The second-order valence-corrected chi connectivity index (χ2v) is 12.6. The minimum Gasteiger partial charge on any atom is -0.454 e. The zero-order valence-corrected chi connectivity index (χ0v) is 29.0. The number of anilines is 1. The molecule has 0 amide bonds. The van der Waals surface area contributed by atoms with Gasteiger partial charge in [-0.1, -0.05) is 70.9 Å². The van der Waals surface area contributed by atoms with Gasteiger partial charge in [-0.3, -0.25) is 4.90 Å². The van der Waals surface area contributed by atoms with Gasteiger partial charge in [0.2, 0.25) is 6.79 Å². The Hall–Kier alpha value is -3.03. The van der Waals surface area contributed by atoms with E-state index < -0.39 is 0 Å². The van der Waals surface area contributed by atoms with Crippen LogP contribution in [0.15, 0.2) is 54.6 Å². The van der Waals surface area contributed by atoms with Gasteiger partial charge in [0.15, 0.2) is 11.5 Å². The minimum absolute atomic E-state index is 0.132. The highest BCUT2D eigenvalue weighted by Gasteiger charge is 2.34. The number of halogens is 1. The van der Waals surface area contributed by atoms with Crippen molar-refractivity contribution in [3.63, 3.8) is 0 Å². The van der Waals surface area contributed by atoms with Crippen molar-refractivity contribution in [2.45, 2.75) is 84.6 Å². The fraction of sp³-hybridized carbons (Fsp3) is 0.500. The molecule has 2 aliphatic heterocycles. The van der Waals surface area contributed by atoms with E-state index >= 15 is 0 Å². The Morgan fingerprint density at radius 3 is 2.16 bits per heavy atom. The molecular weight excluding hydrogens is 583 g/mol. The summed E-state index contributed by atoms with van der Waals surface area (Å²) in [6.45, 7) is 10.2. The first-order chi connectivity index (χ1) is 21.9. The molecule has 1 N–H and O–H groups in total. The summed E-state index contributed by atoms with van der Waals surface area (Å²) in [5, 5.41) is 3.13. The maximum atomic E-state index is 13.1. The summed E-state index contributed by atoms with van der Waals surface area (Å²) in [5.74, 6) is 3.24. The van der Waals surface area contributed by atoms with Crippen LogP contribution in [-0.4, -0.2) is 50.1 Å². The standard InChI is InChI=1S/C22H25NO3.C11H16FN.C5H12S/c1-2-3-16-4-6-17(7-5-16)20-12-19(14-23(20)10-11-24)18-8-9-21-22(13-18)26-15-25-21;1-4-8-6-10(12)7-9(5-2)11(8)13-3;1-3-4-5-6-2/h4-9,11,13,19-20H,2-3,10,12,14-15H2,1H3;6-7,13H,4-5H2,1-3H3;3-5H2,1-2H3/t19-,20-;;/m1../s1. The third-order valence-electron chi connectivity index (χ3n) is 8.46. The zero-order chi connectivity index (χ0) is 32.6. The lowest BCUT2D eigenvalue weighted by molar-refractivity contribution is -0.109. The van der Waals surface area contributed by atoms with Crippen molar-refractivity contribution in [1.29, 1.82) is 0 Å². The molecule has 2 aliphatic rings. The molecule has 3 aromatic rings. The fourth-order valence-electron chi connectivity index (χ4n) is 6.04. The molecule has 3 aromatic carbocycles. The third-order valence-corrected chi connectivity index (χ3v) is 9.16. The van der Waals surface area contributed by atoms with E-state index in [1.54, 1.807) is 12.1 Å². The molecule has 7 heteroatoms. The van der Waals surface area contributed by atoms with E-state index in [0.717, 1.165) is 73.2 Å². The monoisotopic (exact) mass is 636 g/mol. The maximum absolute atomic E-state index is 13.1. The van der Waals surface area contributed by atoms with Crippen molar-refractivity contribution in [2.75, 3.05) is 44.3 Å². The molecular formula is C38H53FN2O3S. The van der Waals surface area contributed by atoms with E-state index in [1.807, 2.05) is 38.7 Å². The number of hydrogen-bond acceptors (Lipinski definition) is 6. The number of likely N-dealkylation sites (tertiary alicyclic amines) is 1. The Kier molecular flexibility index (Phi) is 15.8. The lowest BCUT2D eigenvalue weighted by Crippen LogP contribution is -2.25. The topological polar surface area (TPSA) is 50.8 Å². The predicted molar refractivity (Wildman–Crippen MR) is 189 cm³/mol. The number of nitrogens with one attached hydrogen (secondary N) is 1. The molecule has 45 heavy (non-hydrogen) atoms. The normalized spacial score (nSPS) is 16.8. The molecule has 0 bridgehead atoms. The molecule has 1 fully saturated rings. The molecule has 5 rings (SSSR count).